The fourth-order valence-electron chi connectivity index (χ4n) is 2.93. The largest absolute Gasteiger partial charge is 0.478 e. The van der Waals surface area contributed by atoms with Gasteiger partial charge in [-0.2, -0.15) is 11.3 Å². The Labute approximate surface area is 146 Å². The van der Waals surface area contributed by atoms with E-state index in [9.17, 15) is 14.7 Å². The van der Waals surface area contributed by atoms with Gasteiger partial charge in [0.05, 0.1) is 5.56 Å². The van der Waals surface area contributed by atoms with Crippen molar-refractivity contribution in [3.05, 3.63) is 57.8 Å². The van der Waals surface area contributed by atoms with Crippen molar-refractivity contribution in [2.75, 3.05) is 6.54 Å². The van der Waals surface area contributed by atoms with E-state index in [0.717, 1.165) is 6.42 Å². The van der Waals surface area contributed by atoms with Crippen LogP contribution in [0.5, 0.6) is 0 Å². The third kappa shape index (κ3) is 4.68. The highest BCUT2D eigenvalue weighted by Crippen LogP contribution is 2.15. The van der Waals surface area contributed by atoms with Gasteiger partial charge >= 0.3 is 5.97 Å². The molecule has 0 saturated heterocycles. The first kappa shape index (κ1) is 18.2. The van der Waals surface area contributed by atoms with Crippen molar-refractivity contribution in [2.24, 2.45) is 0 Å². The van der Waals surface area contributed by atoms with Crippen molar-refractivity contribution in [1.82, 2.24) is 4.90 Å². The van der Waals surface area contributed by atoms with Crippen LogP contribution in [0.25, 0.3) is 0 Å². The number of nitrogens with zero attached hydrogens (tertiary/aromatic N) is 1. The van der Waals surface area contributed by atoms with Gasteiger partial charge in [0.25, 0.3) is 0 Å². The number of carbonyl (C=O) groups is 2. The number of carboxylic acids is 1. The Kier molecular flexibility index (Phi) is 6.55. The monoisotopic (exact) mass is 345 g/mol. The normalized spacial score (nSPS) is 11.9. The van der Waals surface area contributed by atoms with E-state index in [1.54, 1.807) is 29.5 Å². The molecule has 0 radical (unpaired) electrons. The molecule has 24 heavy (non-hydrogen) atoms. The summed E-state index contributed by atoms with van der Waals surface area (Å²) in [6.45, 7) is 4.70. The second kappa shape index (κ2) is 8.64. The summed E-state index contributed by atoms with van der Waals surface area (Å²) >= 11 is 1.66. The van der Waals surface area contributed by atoms with E-state index < -0.39 is 5.97 Å². The maximum absolute atomic E-state index is 12.6. The summed E-state index contributed by atoms with van der Waals surface area (Å²) in [7, 11) is 0. The maximum Gasteiger partial charge on any atom is 0.335 e. The molecule has 4 nitrogen and oxygen atoms in total. The third-order valence-electron chi connectivity index (χ3n) is 4.16. The fraction of sp³-hybridized carbons (Fsp3) is 0.368. The fourth-order valence-corrected chi connectivity index (χ4v) is 3.61. The molecule has 0 aliphatic heterocycles. The molecule has 1 heterocycles. The van der Waals surface area contributed by atoms with Crippen molar-refractivity contribution in [2.45, 2.75) is 39.2 Å². The molecular formula is C19H23NO3S. The predicted molar refractivity (Wildman–Crippen MR) is 96.6 cm³/mol. The lowest BCUT2D eigenvalue weighted by molar-refractivity contribution is -0.132. The molecule has 1 N–H and O–H groups in total. The summed E-state index contributed by atoms with van der Waals surface area (Å²) in [4.78, 5) is 25.7. The smallest absolute Gasteiger partial charge is 0.335 e. The van der Waals surface area contributed by atoms with Crippen molar-refractivity contribution in [1.29, 1.82) is 0 Å². The molecule has 0 aliphatic carbocycles. The molecule has 1 amide bonds. The zero-order chi connectivity index (χ0) is 17.5. The highest BCUT2D eigenvalue weighted by atomic mass is 32.1. The zero-order valence-corrected chi connectivity index (χ0v) is 14.9. The zero-order valence-electron chi connectivity index (χ0n) is 14.1. The Morgan fingerprint density at radius 2 is 2.00 bits per heavy atom. The van der Waals surface area contributed by atoms with Crippen LogP contribution in [-0.4, -0.2) is 34.5 Å². The van der Waals surface area contributed by atoms with Crippen LogP contribution in [0.4, 0.5) is 0 Å². The number of thiophene rings is 1. The maximum atomic E-state index is 12.6. The summed E-state index contributed by atoms with van der Waals surface area (Å²) in [6, 6.07) is 9.09. The van der Waals surface area contributed by atoms with Crippen LogP contribution in [0.15, 0.2) is 41.1 Å². The molecule has 2 rings (SSSR count). The molecule has 128 valence electrons. The number of likely N-dealkylation sites (N-methyl/N-ethyl adjacent to an activating group) is 1. The average molecular weight is 345 g/mol. The van der Waals surface area contributed by atoms with Crippen LogP contribution < -0.4 is 0 Å². The molecule has 0 fully saturated rings. The van der Waals surface area contributed by atoms with Gasteiger partial charge in [0.2, 0.25) is 5.91 Å². The number of aromatic carboxylic acids is 1. The highest BCUT2D eigenvalue weighted by Gasteiger charge is 2.19. The van der Waals surface area contributed by atoms with E-state index in [0.29, 0.717) is 24.9 Å². The van der Waals surface area contributed by atoms with Gasteiger partial charge in [0.15, 0.2) is 0 Å². The van der Waals surface area contributed by atoms with Crippen molar-refractivity contribution in [3.8, 4) is 0 Å². The Morgan fingerprint density at radius 3 is 2.62 bits per heavy atom. The van der Waals surface area contributed by atoms with E-state index in [4.69, 9.17) is 0 Å². The second-order valence-corrected chi connectivity index (χ2v) is 6.61. The van der Waals surface area contributed by atoms with Gasteiger partial charge in [-0.15, -0.1) is 0 Å². The average Bonchev–Trinajstić information content (AvgIpc) is 3.06. The number of carboxylic acid groups (broad SMARTS) is 1. The molecular weight excluding hydrogens is 322 g/mol. The van der Waals surface area contributed by atoms with Crippen LogP contribution in [0.3, 0.4) is 0 Å². The van der Waals surface area contributed by atoms with Crippen molar-refractivity contribution in [3.63, 3.8) is 0 Å². The number of hydrogen-bond donors (Lipinski definition) is 1. The second-order valence-electron chi connectivity index (χ2n) is 5.83. The van der Waals surface area contributed by atoms with Gasteiger partial charge in [-0.25, -0.2) is 4.79 Å². The van der Waals surface area contributed by atoms with Gasteiger partial charge in [-0.05, 0) is 60.7 Å². The van der Waals surface area contributed by atoms with E-state index >= 15 is 0 Å². The van der Waals surface area contributed by atoms with Crippen LogP contribution >= 0.6 is 11.3 Å². The third-order valence-corrected chi connectivity index (χ3v) is 4.89. The first-order chi connectivity index (χ1) is 11.5. The lowest BCUT2D eigenvalue weighted by Crippen LogP contribution is -2.39. The molecule has 5 heteroatoms. The Bertz CT molecular complexity index is 682. The van der Waals surface area contributed by atoms with E-state index in [2.05, 4.69) is 18.4 Å². The number of hydrogen-bond acceptors (Lipinski definition) is 3. The number of carbonyl (C=O) groups excluding carboxylic acids is 1. The SMILES string of the molecule is CCN(C(=O)CCc1ccccc1C(=O)O)C(C)Cc1ccsc1. The minimum absolute atomic E-state index is 0.0698. The van der Waals surface area contributed by atoms with Crippen LogP contribution in [0.1, 0.15) is 41.8 Å². The Balaban J connectivity index is 1.98. The van der Waals surface area contributed by atoms with E-state index in [-0.39, 0.29) is 17.5 Å². The molecule has 0 bridgehead atoms. The summed E-state index contributed by atoms with van der Waals surface area (Å²) in [5, 5.41) is 13.4. The Hall–Kier alpha value is -2.14. The van der Waals surface area contributed by atoms with Gasteiger partial charge in [0.1, 0.15) is 0 Å². The topological polar surface area (TPSA) is 57.6 Å². The molecule has 1 aromatic carbocycles. The molecule has 1 aromatic heterocycles. The molecule has 0 spiro atoms. The van der Waals surface area contributed by atoms with Crippen molar-refractivity contribution >= 4 is 23.2 Å². The molecule has 0 saturated carbocycles. The number of benzene rings is 1. The lowest BCUT2D eigenvalue weighted by atomic mass is 10.0. The number of aryl methyl sites for hydroxylation is 1. The predicted octanol–water partition coefficient (Wildman–Crippen LogP) is 3.86. The van der Waals surface area contributed by atoms with E-state index in [1.807, 2.05) is 23.3 Å². The van der Waals surface area contributed by atoms with Gasteiger partial charge in [-0.3, -0.25) is 4.79 Å². The van der Waals surface area contributed by atoms with Gasteiger partial charge in [-0.1, -0.05) is 18.2 Å². The standard InChI is InChI=1S/C19H23NO3S/c1-3-20(14(2)12-15-10-11-24-13-15)18(21)9-8-16-6-4-5-7-17(16)19(22)23/h4-7,10-11,13-14H,3,8-9,12H2,1-2H3,(H,22,23). The molecule has 1 atom stereocenters. The summed E-state index contributed by atoms with van der Waals surface area (Å²) in [5.74, 6) is -0.878. The summed E-state index contributed by atoms with van der Waals surface area (Å²) < 4.78 is 0. The molecule has 2 aromatic rings. The van der Waals surface area contributed by atoms with Gasteiger partial charge in [0, 0.05) is 19.0 Å². The number of rotatable bonds is 8. The van der Waals surface area contributed by atoms with Crippen LogP contribution in [0, 0.1) is 0 Å². The number of amides is 1. The van der Waals surface area contributed by atoms with Crippen LogP contribution in [0.2, 0.25) is 0 Å². The quantitative estimate of drug-likeness (QED) is 0.790. The van der Waals surface area contributed by atoms with Gasteiger partial charge < -0.3 is 10.0 Å². The first-order valence-electron chi connectivity index (χ1n) is 8.14. The highest BCUT2D eigenvalue weighted by molar-refractivity contribution is 7.07. The summed E-state index contributed by atoms with van der Waals surface area (Å²) in [6.07, 6.45) is 1.61. The lowest BCUT2D eigenvalue weighted by Gasteiger charge is -2.28. The van der Waals surface area contributed by atoms with Crippen molar-refractivity contribution < 1.29 is 14.7 Å². The minimum Gasteiger partial charge on any atom is -0.478 e. The Morgan fingerprint density at radius 1 is 1.25 bits per heavy atom. The summed E-state index contributed by atoms with van der Waals surface area (Å²) in [5.41, 5.74) is 2.23. The van der Waals surface area contributed by atoms with Crippen LogP contribution in [-0.2, 0) is 17.6 Å². The van der Waals surface area contributed by atoms with E-state index in [1.165, 1.54) is 5.56 Å². The molecule has 0 aliphatic rings. The molecule has 1 unspecified atom stereocenters. The minimum atomic E-state index is -0.948. The first-order valence-corrected chi connectivity index (χ1v) is 9.09.